The molecule has 0 aromatic heterocycles. The summed E-state index contributed by atoms with van der Waals surface area (Å²) in [5.74, 6) is -1.28. The van der Waals surface area contributed by atoms with Crippen molar-refractivity contribution in [1.82, 2.24) is 4.90 Å². The summed E-state index contributed by atoms with van der Waals surface area (Å²) < 4.78 is 12.3. The molecule has 11 heteroatoms. The molecule has 4 rings (SSSR count). The summed E-state index contributed by atoms with van der Waals surface area (Å²) in [6, 6.07) is 17.0. The van der Waals surface area contributed by atoms with Crippen molar-refractivity contribution in [3.63, 3.8) is 0 Å². The number of carbonyl (C=O) groups is 4. The van der Waals surface area contributed by atoms with Gasteiger partial charge in [0.25, 0.3) is 11.1 Å². The Balaban J connectivity index is 1.49. The first-order valence-corrected chi connectivity index (χ1v) is 13.8. The maximum atomic E-state index is 13.0. The summed E-state index contributed by atoms with van der Waals surface area (Å²) >= 11 is 4.24. The molecule has 206 valence electrons. The molecule has 0 radical (unpaired) electrons. The number of thioether (sulfide) groups is 1. The number of nitrogens with zero attached hydrogens (tertiary/aromatic N) is 1. The van der Waals surface area contributed by atoms with Crippen LogP contribution >= 0.6 is 27.7 Å². The van der Waals surface area contributed by atoms with Crippen LogP contribution in [0.25, 0.3) is 6.08 Å². The number of carbonyl (C=O) groups excluding carboxylic acids is 3. The van der Waals surface area contributed by atoms with Gasteiger partial charge in [-0.3, -0.25) is 19.3 Å². The van der Waals surface area contributed by atoms with Crippen molar-refractivity contribution in [1.29, 1.82) is 0 Å². The predicted molar refractivity (Wildman–Crippen MR) is 156 cm³/mol. The van der Waals surface area contributed by atoms with E-state index < -0.39 is 29.6 Å². The Kier molecular flexibility index (Phi) is 9.28. The van der Waals surface area contributed by atoms with E-state index in [1.807, 2.05) is 26.0 Å². The second-order valence-electron chi connectivity index (χ2n) is 8.74. The van der Waals surface area contributed by atoms with Gasteiger partial charge in [-0.1, -0.05) is 29.8 Å². The van der Waals surface area contributed by atoms with Gasteiger partial charge < -0.3 is 19.9 Å². The molecular formula is C29H25BrN2O7S. The van der Waals surface area contributed by atoms with Crippen LogP contribution in [0.15, 0.2) is 70.0 Å². The van der Waals surface area contributed by atoms with Crippen LogP contribution in [0.3, 0.4) is 0 Å². The first kappa shape index (κ1) is 28.9. The molecule has 2 N–H and O–H groups in total. The largest absolute Gasteiger partial charge is 0.490 e. The number of benzene rings is 3. The summed E-state index contributed by atoms with van der Waals surface area (Å²) in [6.45, 7) is 3.78. The molecular weight excluding hydrogens is 600 g/mol. The van der Waals surface area contributed by atoms with Crippen molar-refractivity contribution in [2.24, 2.45) is 0 Å². The predicted octanol–water partition coefficient (Wildman–Crippen LogP) is 6.11. The van der Waals surface area contributed by atoms with E-state index in [0.29, 0.717) is 39.4 Å². The zero-order valence-corrected chi connectivity index (χ0v) is 24.0. The van der Waals surface area contributed by atoms with Crippen molar-refractivity contribution in [2.75, 3.05) is 18.5 Å². The highest BCUT2D eigenvalue weighted by Crippen LogP contribution is 2.39. The molecule has 1 fully saturated rings. The number of anilines is 1. The number of halogens is 1. The second kappa shape index (κ2) is 12.8. The minimum absolute atomic E-state index is 0.0999. The summed E-state index contributed by atoms with van der Waals surface area (Å²) in [7, 11) is 0. The number of hydrogen-bond donors (Lipinski definition) is 2. The fourth-order valence-electron chi connectivity index (χ4n) is 3.79. The minimum atomic E-state index is -1.03. The lowest BCUT2D eigenvalue weighted by molar-refractivity contribution is -0.127. The molecule has 3 amide bonds. The lowest BCUT2D eigenvalue weighted by Crippen LogP contribution is -2.36. The first-order chi connectivity index (χ1) is 19.1. The summed E-state index contributed by atoms with van der Waals surface area (Å²) in [5, 5.41) is 11.4. The highest BCUT2D eigenvalue weighted by atomic mass is 79.9. The molecule has 3 aromatic rings. The summed E-state index contributed by atoms with van der Waals surface area (Å²) in [5.41, 5.74) is 3.01. The Morgan fingerprint density at radius 2 is 1.82 bits per heavy atom. The summed E-state index contributed by atoms with van der Waals surface area (Å²) in [4.78, 5) is 50.3. The average Bonchev–Trinajstić information content (AvgIpc) is 3.17. The SMILES string of the molecule is CCOc1cc(/C=C2\SC(=O)N(CC(=O)Nc3ccc(C)cc3)C2=O)cc(Br)c1OCc1cccc(C(=O)O)c1. The lowest BCUT2D eigenvalue weighted by atomic mass is 10.1. The third-order valence-corrected chi connectivity index (χ3v) is 7.19. The fourth-order valence-corrected chi connectivity index (χ4v) is 5.21. The third kappa shape index (κ3) is 7.10. The number of carboxylic acids is 1. The average molecular weight is 625 g/mol. The number of nitrogens with one attached hydrogen (secondary N) is 1. The van der Waals surface area contributed by atoms with Crippen LogP contribution in [-0.2, 0) is 16.2 Å². The van der Waals surface area contributed by atoms with Gasteiger partial charge in [-0.2, -0.15) is 0 Å². The molecule has 0 saturated carbocycles. The van der Waals surface area contributed by atoms with Gasteiger partial charge in [0, 0.05) is 5.69 Å². The van der Waals surface area contributed by atoms with E-state index in [2.05, 4.69) is 21.2 Å². The van der Waals surface area contributed by atoms with Crippen molar-refractivity contribution in [3.05, 3.63) is 92.3 Å². The standard InChI is InChI=1S/C29H25BrN2O7S/c1-3-38-23-13-19(12-22(30)26(23)39-16-18-5-4-6-20(11-18)28(35)36)14-24-27(34)32(29(37)40-24)15-25(33)31-21-9-7-17(2)8-10-21/h4-14H,3,15-16H2,1-2H3,(H,31,33)(H,35,36)/b24-14-. The molecule has 0 bridgehead atoms. The number of rotatable bonds is 10. The molecule has 0 aliphatic carbocycles. The number of amides is 3. The zero-order chi connectivity index (χ0) is 28.8. The van der Waals surface area contributed by atoms with Gasteiger partial charge in [0.1, 0.15) is 13.2 Å². The van der Waals surface area contributed by atoms with Crippen LogP contribution in [0.2, 0.25) is 0 Å². The van der Waals surface area contributed by atoms with E-state index in [4.69, 9.17) is 9.47 Å². The van der Waals surface area contributed by atoms with E-state index in [1.165, 1.54) is 12.1 Å². The van der Waals surface area contributed by atoms with E-state index in [1.54, 1.807) is 42.5 Å². The fraction of sp³-hybridized carbons (Fsp3) is 0.172. The number of aromatic carboxylic acids is 1. The zero-order valence-electron chi connectivity index (χ0n) is 21.6. The van der Waals surface area contributed by atoms with Crippen molar-refractivity contribution in [3.8, 4) is 11.5 Å². The topological polar surface area (TPSA) is 122 Å². The van der Waals surface area contributed by atoms with Crippen molar-refractivity contribution < 1.29 is 33.8 Å². The highest BCUT2D eigenvalue weighted by molar-refractivity contribution is 9.10. The number of carboxylic acid groups (broad SMARTS) is 1. The number of aryl methyl sites for hydroxylation is 1. The third-order valence-electron chi connectivity index (χ3n) is 5.70. The van der Waals surface area contributed by atoms with Gasteiger partial charge in [-0.05, 0) is 95.1 Å². The molecule has 0 unspecified atom stereocenters. The van der Waals surface area contributed by atoms with Gasteiger partial charge in [-0.25, -0.2) is 4.79 Å². The quantitative estimate of drug-likeness (QED) is 0.259. The molecule has 1 aliphatic rings. The van der Waals surface area contributed by atoms with Crippen LogP contribution in [0.5, 0.6) is 11.5 Å². The van der Waals surface area contributed by atoms with E-state index in [0.717, 1.165) is 22.2 Å². The van der Waals surface area contributed by atoms with Gasteiger partial charge in [0.05, 0.1) is 21.5 Å². The maximum Gasteiger partial charge on any atom is 0.335 e. The minimum Gasteiger partial charge on any atom is -0.490 e. The lowest BCUT2D eigenvalue weighted by Gasteiger charge is -2.15. The molecule has 1 aliphatic heterocycles. The highest BCUT2D eigenvalue weighted by Gasteiger charge is 2.36. The Labute approximate surface area is 243 Å². The second-order valence-corrected chi connectivity index (χ2v) is 10.6. The Bertz CT molecular complexity index is 1500. The van der Waals surface area contributed by atoms with Crippen molar-refractivity contribution in [2.45, 2.75) is 20.5 Å². The molecule has 1 heterocycles. The van der Waals surface area contributed by atoms with Gasteiger partial charge >= 0.3 is 5.97 Å². The maximum absolute atomic E-state index is 13.0. The molecule has 0 spiro atoms. The number of imide groups is 1. The van der Waals surface area contributed by atoms with Gasteiger partial charge in [0.2, 0.25) is 5.91 Å². The molecule has 3 aromatic carbocycles. The first-order valence-electron chi connectivity index (χ1n) is 12.2. The number of ether oxygens (including phenoxy) is 2. The van der Waals surface area contributed by atoms with Crippen LogP contribution in [0, 0.1) is 6.92 Å². The van der Waals surface area contributed by atoms with Gasteiger partial charge in [-0.15, -0.1) is 0 Å². The van der Waals surface area contributed by atoms with E-state index >= 15 is 0 Å². The Morgan fingerprint density at radius 3 is 2.52 bits per heavy atom. The smallest absolute Gasteiger partial charge is 0.335 e. The molecule has 0 atom stereocenters. The monoisotopic (exact) mass is 624 g/mol. The summed E-state index contributed by atoms with van der Waals surface area (Å²) in [6.07, 6.45) is 1.55. The molecule has 1 saturated heterocycles. The van der Waals surface area contributed by atoms with E-state index in [9.17, 15) is 24.3 Å². The van der Waals surface area contributed by atoms with Gasteiger partial charge in [0.15, 0.2) is 11.5 Å². The Morgan fingerprint density at radius 1 is 1.07 bits per heavy atom. The van der Waals surface area contributed by atoms with Crippen molar-refractivity contribution >= 4 is 62.5 Å². The normalized spacial score (nSPS) is 14.0. The van der Waals surface area contributed by atoms with Crippen LogP contribution < -0.4 is 14.8 Å². The van der Waals surface area contributed by atoms with Crippen LogP contribution in [-0.4, -0.2) is 46.2 Å². The molecule has 40 heavy (non-hydrogen) atoms. The van der Waals surface area contributed by atoms with Crippen LogP contribution in [0.1, 0.15) is 34.0 Å². The number of hydrogen-bond acceptors (Lipinski definition) is 7. The molecule has 9 nitrogen and oxygen atoms in total. The van der Waals surface area contributed by atoms with E-state index in [-0.39, 0.29) is 17.1 Å². The Hall–Kier alpha value is -4.09. The van der Waals surface area contributed by atoms with Crippen LogP contribution in [0.4, 0.5) is 10.5 Å².